The minimum absolute atomic E-state index is 0. The molecule has 576 valence electrons. The molecule has 8 atom stereocenters. The van der Waals surface area contributed by atoms with Gasteiger partial charge in [-0.15, -0.1) is 0 Å². The highest BCUT2D eigenvalue weighted by molar-refractivity contribution is 5.86. The van der Waals surface area contributed by atoms with Crippen LogP contribution in [-0.2, 0) is 38.4 Å². The molecule has 0 aromatic heterocycles. The lowest BCUT2D eigenvalue weighted by atomic mass is 9.66. The van der Waals surface area contributed by atoms with Gasteiger partial charge in [0.1, 0.15) is 0 Å². The first-order valence-corrected chi connectivity index (χ1v) is 36.5. The van der Waals surface area contributed by atoms with Gasteiger partial charge in [-0.2, -0.15) is 0 Å². The molecule has 8 unspecified atom stereocenters. The first-order valence-electron chi connectivity index (χ1n) is 36.5. The standard InChI is InChI=1S/C24H44N2O4.C20H38N2O2.C20H37NO3.C16H31NO.2CH4/c1-9-22(4,5)14-12-17(2)11-10-13-23(6,21(30)26-8)16-24(7,20(25)29)15-18(3)19(27)28;1-8-19(4,5)13-11-15(2)10-9-12-20(6,18(24)22-7)14-16(3)17(21)23;1-8-19(4,5)13-11-15(2)10-9-12-20(6,18(24)21-7)14-16(3)17(22)23;1-7-16(4,5)12-11-13(2)9-8-10-14(3)15(18)17-6;;/h18H,2,9-16H2,1,3-8H3,(H2,25,29)(H,26,30)(H,27,28);16H,2,8-14H2,1,3-7H3,(H2,21,23)(H,22,24);16H,2,8-14H2,1,3-7H3,(H,21,24)(H,22,23);14H,2,7-12H2,1,3-6H3,(H,17,18);2*1H4. The maximum Gasteiger partial charge on any atom is 0.306 e. The van der Waals surface area contributed by atoms with E-state index >= 15 is 0 Å². The largest absolute Gasteiger partial charge is 0.481 e. The third-order valence-electron chi connectivity index (χ3n) is 21.4. The Labute approximate surface area is 602 Å². The average molecular weight is 1390 g/mol. The van der Waals surface area contributed by atoms with E-state index in [1.54, 1.807) is 55.9 Å². The van der Waals surface area contributed by atoms with E-state index in [-0.39, 0.29) is 69.1 Å². The zero-order valence-electron chi connectivity index (χ0n) is 66.3. The maximum atomic E-state index is 12.7. The van der Waals surface area contributed by atoms with Gasteiger partial charge in [0.25, 0.3) is 0 Å². The number of carbonyl (C=O) groups excluding carboxylic acids is 6. The Hall–Kier alpha value is -5.28. The number of rotatable bonds is 48. The minimum atomic E-state index is -1.08. The second kappa shape index (κ2) is 50.1. The van der Waals surface area contributed by atoms with Gasteiger partial charge in [-0.1, -0.05) is 228 Å². The molecule has 0 saturated heterocycles. The molecule has 98 heavy (non-hydrogen) atoms. The zero-order valence-corrected chi connectivity index (χ0v) is 66.3. The van der Waals surface area contributed by atoms with Crippen molar-refractivity contribution in [1.29, 1.82) is 0 Å². The Balaban J connectivity index is -0.000000290. The van der Waals surface area contributed by atoms with Crippen molar-refractivity contribution in [2.24, 2.45) is 78.5 Å². The Morgan fingerprint density at radius 2 is 0.622 bits per heavy atom. The van der Waals surface area contributed by atoms with Crippen LogP contribution in [0, 0.1) is 67.0 Å². The lowest BCUT2D eigenvalue weighted by Gasteiger charge is -2.37. The number of allylic oxidation sites excluding steroid dienone is 4. The molecular weight excluding hydrogens is 1230 g/mol. The topological polar surface area (TPSA) is 277 Å². The smallest absolute Gasteiger partial charge is 0.306 e. The van der Waals surface area contributed by atoms with E-state index in [9.17, 15) is 43.5 Å². The quantitative estimate of drug-likeness (QED) is 0.0267. The van der Waals surface area contributed by atoms with Crippen LogP contribution < -0.4 is 32.7 Å². The van der Waals surface area contributed by atoms with Gasteiger partial charge in [-0.25, -0.2) is 0 Å². The number of carbonyl (C=O) groups is 8. The SMILES string of the molecule is C.C.C=C(CCCC(C)(CC(C)(CC(C)C(=O)O)C(N)=O)C(=O)NC)CCC(C)(C)CC.C=C(CCCC(C)(CC(C)C(=O)O)C(=O)NC)CCC(C)(C)CC.C=C(CCCC(C)(CC(C)C(N)=O)C(=O)NC)CCC(C)(C)CC.C=C(CCCC(C)C(=O)NC)CCC(C)(C)CC. The molecule has 0 fully saturated rings. The molecule has 0 aliphatic carbocycles. The summed E-state index contributed by atoms with van der Waals surface area (Å²) in [5, 5.41) is 29.2. The lowest BCUT2D eigenvalue weighted by molar-refractivity contribution is -0.145. The Morgan fingerprint density at radius 1 is 0.367 bits per heavy atom. The van der Waals surface area contributed by atoms with Gasteiger partial charge in [0, 0.05) is 61.7 Å². The van der Waals surface area contributed by atoms with E-state index in [0.717, 1.165) is 122 Å². The first kappa shape index (κ1) is 104. The normalized spacial score (nSPS) is 15.1. The summed E-state index contributed by atoms with van der Waals surface area (Å²) in [4.78, 5) is 94.6. The van der Waals surface area contributed by atoms with E-state index in [2.05, 4.69) is 131 Å². The summed E-state index contributed by atoms with van der Waals surface area (Å²) < 4.78 is 0. The summed E-state index contributed by atoms with van der Waals surface area (Å²) in [7, 11) is 6.53. The Kier molecular flexibility index (Phi) is 53.0. The van der Waals surface area contributed by atoms with Gasteiger partial charge in [-0.05, 0) is 176 Å². The van der Waals surface area contributed by atoms with Crippen molar-refractivity contribution >= 4 is 47.4 Å². The molecule has 0 rings (SSSR count). The highest BCUT2D eigenvalue weighted by Crippen LogP contribution is 2.43. The van der Waals surface area contributed by atoms with E-state index in [1.807, 2.05) is 27.7 Å². The van der Waals surface area contributed by atoms with Gasteiger partial charge in [0.2, 0.25) is 35.4 Å². The van der Waals surface area contributed by atoms with Crippen LogP contribution in [0.25, 0.3) is 0 Å². The van der Waals surface area contributed by atoms with Crippen molar-refractivity contribution in [3.05, 3.63) is 48.6 Å². The second-order valence-electron chi connectivity index (χ2n) is 33.0. The molecule has 16 nitrogen and oxygen atoms in total. The Bertz CT molecular complexity index is 2350. The molecule has 0 radical (unpaired) electrons. The number of carboxylic acids is 2. The molecule has 0 bridgehead atoms. The van der Waals surface area contributed by atoms with Crippen molar-refractivity contribution in [3.63, 3.8) is 0 Å². The van der Waals surface area contributed by atoms with Gasteiger partial charge in [0.05, 0.1) is 11.8 Å². The fourth-order valence-corrected chi connectivity index (χ4v) is 11.7. The molecule has 0 aliphatic rings. The van der Waals surface area contributed by atoms with Crippen molar-refractivity contribution in [2.45, 2.75) is 333 Å². The van der Waals surface area contributed by atoms with Crippen LogP contribution in [0.3, 0.4) is 0 Å². The third kappa shape index (κ3) is 45.5. The van der Waals surface area contributed by atoms with Gasteiger partial charge in [0.15, 0.2) is 0 Å². The summed E-state index contributed by atoms with van der Waals surface area (Å²) in [5.74, 6) is -4.29. The summed E-state index contributed by atoms with van der Waals surface area (Å²) in [6.07, 6.45) is 24.8. The van der Waals surface area contributed by atoms with Crippen molar-refractivity contribution in [3.8, 4) is 0 Å². The highest BCUT2D eigenvalue weighted by atomic mass is 16.4. The van der Waals surface area contributed by atoms with Crippen LogP contribution in [0.4, 0.5) is 0 Å². The number of primary amides is 2. The molecule has 0 saturated carbocycles. The van der Waals surface area contributed by atoms with E-state index < -0.39 is 51.3 Å². The maximum absolute atomic E-state index is 12.7. The first-order chi connectivity index (χ1) is 43.9. The summed E-state index contributed by atoms with van der Waals surface area (Å²) in [5.41, 5.74) is 14.3. The van der Waals surface area contributed by atoms with Gasteiger partial charge >= 0.3 is 11.9 Å². The number of amides is 6. The van der Waals surface area contributed by atoms with Crippen LogP contribution in [0.15, 0.2) is 48.6 Å². The molecule has 0 aliphatic heterocycles. The molecule has 6 amide bonds. The van der Waals surface area contributed by atoms with Crippen molar-refractivity contribution in [1.82, 2.24) is 21.3 Å². The number of aliphatic carboxylic acids is 2. The van der Waals surface area contributed by atoms with Crippen LogP contribution in [0.2, 0.25) is 0 Å². The molecule has 10 N–H and O–H groups in total. The predicted octanol–water partition coefficient (Wildman–Crippen LogP) is 19.2. The van der Waals surface area contributed by atoms with E-state index in [0.29, 0.717) is 47.3 Å². The van der Waals surface area contributed by atoms with Crippen molar-refractivity contribution in [2.75, 3.05) is 28.2 Å². The van der Waals surface area contributed by atoms with Gasteiger partial charge in [-0.3, -0.25) is 38.4 Å². The predicted molar refractivity (Wildman–Crippen MR) is 416 cm³/mol. The molecule has 16 heteroatoms. The molecule has 0 aromatic carbocycles. The Morgan fingerprint density at radius 3 is 0.867 bits per heavy atom. The molecule has 0 spiro atoms. The second-order valence-corrected chi connectivity index (χ2v) is 33.0. The third-order valence-corrected chi connectivity index (χ3v) is 21.4. The fraction of sp³-hybridized carbons (Fsp3) is 0.805. The van der Waals surface area contributed by atoms with Gasteiger partial charge < -0.3 is 42.9 Å². The zero-order chi connectivity index (χ0) is 75.9. The monoisotopic (exact) mass is 1390 g/mol. The minimum Gasteiger partial charge on any atom is -0.481 e. The van der Waals surface area contributed by atoms with E-state index in [1.165, 1.54) is 41.6 Å². The fourth-order valence-electron chi connectivity index (χ4n) is 11.7. The lowest BCUT2D eigenvalue weighted by Crippen LogP contribution is -2.46. The number of nitrogens with one attached hydrogen (secondary N) is 4. The summed E-state index contributed by atoms with van der Waals surface area (Å²) in [6, 6.07) is 0. The number of nitrogens with two attached hydrogens (primary N) is 2. The summed E-state index contributed by atoms with van der Waals surface area (Å²) >= 11 is 0. The number of hydrogen-bond donors (Lipinski definition) is 8. The average Bonchev–Trinajstić information content (AvgIpc) is 0.825. The van der Waals surface area contributed by atoms with Crippen LogP contribution in [0.5, 0.6) is 0 Å². The van der Waals surface area contributed by atoms with Crippen LogP contribution in [0.1, 0.15) is 333 Å². The van der Waals surface area contributed by atoms with Crippen LogP contribution in [-0.4, -0.2) is 85.8 Å². The molecule has 0 aromatic rings. The van der Waals surface area contributed by atoms with Crippen LogP contribution >= 0.6 is 0 Å². The molecule has 0 heterocycles. The van der Waals surface area contributed by atoms with Crippen molar-refractivity contribution < 1.29 is 48.6 Å². The number of hydrogen-bond acceptors (Lipinski definition) is 8. The molecular formula is C82H158N6O10. The summed E-state index contributed by atoms with van der Waals surface area (Å²) in [6.45, 7) is 58.1. The van der Waals surface area contributed by atoms with E-state index in [4.69, 9.17) is 16.6 Å². The number of carboxylic acid groups (broad SMARTS) is 2. The highest BCUT2D eigenvalue weighted by Gasteiger charge is 2.45.